The number of amides is 4. The number of nitrogens with one attached hydrogen (secondary N) is 1. The van der Waals surface area contributed by atoms with Gasteiger partial charge in [0.15, 0.2) is 24.0 Å². The first-order chi connectivity index (χ1) is 16.9. The van der Waals surface area contributed by atoms with Crippen molar-refractivity contribution in [1.29, 1.82) is 0 Å². The van der Waals surface area contributed by atoms with E-state index in [1.54, 1.807) is 30.4 Å². The highest BCUT2D eigenvalue weighted by atomic mass is 19.1. The van der Waals surface area contributed by atoms with Gasteiger partial charge in [0.1, 0.15) is 12.0 Å². The number of imide groups is 1. The molecule has 0 aromatic heterocycles. The van der Waals surface area contributed by atoms with Gasteiger partial charge in [-0.05, 0) is 35.9 Å². The molecule has 1 atom stereocenters. The van der Waals surface area contributed by atoms with Gasteiger partial charge in [-0.3, -0.25) is 9.59 Å². The van der Waals surface area contributed by atoms with Crippen LogP contribution in [0.15, 0.2) is 59.6 Å². The monoisotopic (exact) mass is 479 g/mol. The van der Waals surface area contributed by atoms with Gasteiger partial charge >= 0.3 is 11.9 Å². The molecule has 0 saturated carbocycles. The molecule has 0 saturated heterocycles. The van der Waals surface area contributed by atoms with Gasteiger partial charge in [-0.1, -0.05) is 24.3 Å². The van der Waals surface area contributed by atoms with Gasteiger partial charge in [0.05, 0.1) is 26.5 Å². The fraction of sp³-hybridized carbons (Fsp3) is 0.240. The number of ether oxygens (including phenoxy) is 2. The SMILES string of the molecule is COc1ccc(CCN2C(=O)C3C=CC=NC3=[N+](CC(=O)Nc3ccccc3F)C2=O)cc1OC. The molecule has 2 aliphatic rings. The number of dihydropyridines is 1. The zero-order chi connectivity index (χ0) is 24.9. The van der Waals surface area contributed by atoms with Crippen LogP contribution in [0.5, 0.6) is 11.5 Å². The maximum absolute atomic E-state index is 13.9. The average Bonchev–Trinajstić information content (AvgIpc) is 2.87. The predicted octanol–water partition coefficient (Wildman–Crippen LogP) is 2.65. The minimum Gasteiger partial charge on any atom is -0.493 e. The van der Waals surface area contributed by atoms with Crippen molar-refractivity contribution in [2.75, 3.05) is 32.6 Å². The molecule has 0 aliphatic carbocycles. The Kier molecular flexibility index (Phi) is 7.00. The van der Waals surface area contributed by atoms with Crippen LogP contribution in [0.4, 0.5) is 14.9 Å². The molecular weight excluding hydrogens is 455 g/mol. The van der Waals surface area contributed by atoms with Gasteiger partial charge in [-0.25, -0.2) is 9.18 Å². The Labute approximate surface area is 201 Å². The molecule has 0 fully saturated rings. The van der Waals surface area contributed by atoms with Crippen LogP contribution in [-0.4, -0.2) is 66.7 Å². The lowest BCUT2D eigenvalue weighted by Gasteiger charge is -2.27. The lowest BCUT2D eigenvalue weighted by atomic mass is 10.0. The van der Waals surface area contributed by atoms with Crippen LogP contribution in [0, 0.1) is 11.7 Å². The van der Waals surface area contributed by atoms with Crippen molar-refractivity contribution in [3.63, 3.8) is 0 Å². The number of methoxy groups -OCH3 is 2. The van der Waals surface area contributed by atoms with E-state index in [0.717, 1.165) is 15.0 Å². The van der Waals surface area contributed by atoms with Gasteiger partial charge in [0.25, 0.3) is 11.7 Å². The molecule has 4 amide bonds. The van der Waals surface area contributed by atoms with E-state index in [1.807, 2.05) is 6.07 Å². The fourth-order valence-corrected chi connectivity index (χ4v) is 3.91. The van der Waals surface area contributed by atoms with Crippen molar-refractivity contribution >= 4 is 35.6 Å². The van der Waals surface area contributed by atoms with Crippen LogP contribution in [0.25, 0.3) is 0 Å². The van der Waals surface area contributed by atoms with Crippen molar-refractivity contribution in [2.24, 2.45) is 10.9 Å². The lowest BCUT2D eigenvalue weighted by Crippen LogP contribution is -2.56. The Morgan fingerprint density at radius 3 is 2.66 bits per heavy atom. The minimum atomic E-state index is -0.802. The van der Waals surface area contributed by atoms with Crippen molar-refractivity contribution in [2.45, 2.75) is 6.42 Å². The summed E-state index contributed by atoms with van der Waals surface area (Å²) in [5.41, 5.74) is 0.830. The van der Waals surface area contributed by atoms with Crippen LogP contribution >= 0.6 is 0 Å². The molecule has 35 heavy (non-hydrogen) atoms. The topological polar surface area (TPSA) is 100 Å². The molecule has 9 nitrogen and oxygen atoms in total. The molecule has 0 bridgehead atoms. The first-order valence-electron chi connectivity index (χ1n) is 10.9. The zero-order valence-corrected chi connectivity index (χ0v) is 19.2. The smallest absolute Gasteiger partial charge is 0.446 e. The zero-order valence-electron chi connectivity index (χ0n) is 19.2. The maximum Gasteiger partial charge on any atom is 0.446 e. The first-order valence-corrected chi connectivity index (χ1v) is 10.9. The summed E-state index contributed by atoms with van der Waals surface area (Å²) in [6.45, 7) is -0.343. The summed E-state index contributed by atoms with van der Waals surface area (Å²) in [6, 6.07) is 10.4. The molecule has 180 valence electrons. The summed E-state index contributed by atoms with van der Waals surface area (Å²) >= 11 is 0. The highest BCUT2D eigenvalue weighted by molar-refractivity contribution is 6.15. The number of rotatable bonds is 8. The van der Waals surface area contributed by atoms with Crippen LogP contribution in [0.3, 0.4) is 0 Å². The predicted molar refractivity (Wildman–Crippen MR) is 127 cm³/mol. The molecule has 2 aromatic rings. The quantitative estimate of drug-likeness (QED) is 0.587. The molecule has 10 heteroatoms. The lowest BCUT2D eigenvalue weighted by molar-refractivity contribution is -0.429. The molecule has 0 radical (unpaired) electrons. The molecule has 4 rings (SSSR count). The number of halogens is 1. The highest BCUT2D eigenvalue weighted by Gasteiger charge is 2.46. The van der Waals surface area contributed by atoms with Crippen molar-refractivity contribution in [1.82, 2.24) is 4.90 Å². The second kappa shape index (κ2) is 10.3. The summed E-state index contributed by atoms with van der Waals surface area (Å²) in [5, 5.41) is 2.46. The Balaban J connectivity index is 1.55. The molecule has 2 aliphatic heterocycles. The van der Waals surface area contributed by atoms with E-state index in [-0.39, 0.29) is 18.1 Å². The third-order valence-corrected chi connectivity index (χ3v) is 5.67. The number of allylic oxidation sites excluding steroid dienone is 1. The van der Waals surface area contributed by atoms with Crippen LogP contribution in [0.2, 0.25) is 0 Å². The molecule has 2 heterocycles. The molecular formula is C25H24FN4O5+. The van der Waals surface area contributed by atoms with Crippen LogP contribution in [0.1, 0.15) is 5.56 Å². The van der Waals surface area contributed by atoms with E-state index in [0.29, 0.717) is 17.9 Å². The number of carbonyl (C=O) groups excluding carboxylic acids is 3. The van der Waals surface area contributed by atoms with Gasteiger partial charge in [-0.2, -0.15) is 9.48 Å². The van der Waals surface area contributed by atoms with E-state index in [9.17, 15) is 18.8 Å². The number of carbonyl (C=O) groups is 3. The summed E-state index contributed by atoms with van der Waals surface area (Å²) < 4.78 is 25.7. The number of benzene rings is 2. The van der Waals surface area contributed by atoms with Crippen molar-refractivity contribution < 1.29 is 32.8 Å². The van der Waals surface area contributed by atoms with Gasteiger partial charge in [-0.15, -0.1) is 4.99 Å². The number of hydrogen-bond donors (Lipinski definition) is 1. The Bertz CT molecular complexity index is 1270. The fourth-order valence-electron chi connectivity index (χ4n) is 3.91. The van der Waals surface area contributed by atoms with Crippen LogP contribution in [-0.2, 0) is 16.0 Å². The second-order valence-electron chi connectivity index (χ2n) is 7.82. The molecule has 1 unspecified atom stereocenters. The summed E-state index contributed by atoms with van der Waals surface area (Å²) in [7, 11) is 3.06. The second-order valence-corrected chi connectivity index (χ2v) is 7.82. The van der Waals surface area contributed by atoms with Crippen molar-refractivity contribution in [3.05, 3.63) is 66.0 Å². The highest BCUT2D eigenvalue weighted by Crippen LogP contribution is 2.28. The van der Waals surface area contributed by atoms with Crippen molar-refractivity contribution in [3.8, 4) is 11.5 Å². The van der Waals surface area contributed by atoms with Gasteiger partial charge in [0, 0.05) is 6.42 Å². The number of nitrogens with zero attached hydrogens (tertiary/aromatic N) is 3. The van der Waals surface area contributed by atoms with Crippen LogP contribution < -0.4 is 14.8 Å². The normalized spacial score (nSPS) is 16.9. The number of urea groups is 1. The molecule has 1 N–H and O–H groups in total. The Morgan fingerprint density at radius 2 is 1.91 bits per heavy atom. The summed E-state index contributed by atoms with van der Waals surface area (Å²) in [6.07, 6.45) is 5.06. The average molecular weight is 479 g/mol. The third kappa shape index (κ3) is 4.96. The standard InChI is InChI=1S/C25H23FN4O5/c1-34-20-10-9-16(14-21(20)35-2)11-13-29-24(32)17-6-5-12-27-23(17)30(25(29)33)15-22(31)28-19-8-4-3-7-18(19)26/h3-10,12,14,17H,11,13,15H2,1-2H3/p+1. The minimum absolute atomic E-state index is 0.00284. The van der Waals surface area contributed by atoms with Gasteiger partial charge in [0.2, 0.25) is 0 Å². The first kappa shape index (κ1) is 23.8. The number of hydrogen-bond acceptors (Lipinski definition) is 6. The van der Waals surface area contributed by atoms with E-state index in [4.69, 9.17) is 9.47 Å². The number of fused-ring (bicyclic) bond motifs is 1. The van der Waals surface area contributed by atoms with Gasteiger partial charge < -0.3 is 14.8 Å². The Morgan fingerprint density at radius 1 is 1.14 bits per heavy atom. The number of aliphatic imine (C=N–C) groups is 1. The molecule has 0 spiro atoms. The van der Waals surface area contributed by atoms with E-state index >= 15 is 0 Å². The maximum atomic E-state index is 13.9. The summed E-state index contributed by atoms with van der Waals surface area (Å²) in [5.74, 6) is -1.18. The number of para-hydroxylation sites is 1. The third-order valence-electron chi connectivity index (χ3n) is 5.67. The number of amidine groups is 1. The number of anilines is 1. The van der Waals surface area contributed by atoms with E-state index in [2.05, 4.69) is 10.3 Å². The van der Waals surface area contributed by atoms with E-state index in [1.165, 1.54) is 38.6 Å². The van der Waals surface area contributed by atoms with E-state index < -0.39 is 36.1 Å². The Hall–Kier alpha value is -4.34. The summed E-state index contributed by atoms with van der Waals surface area (Å²) in [4.78, 5) is 44.4. The molecule has 2 aromatic carbocycles. The largest absolute Gasteiger partial charge is 0.493 e.